The first kappa shape index (κ1) is 16.3. The van der Waals surface area contributed by atoms with Gasteiger partial charge < -0.3 is 10.1 Å². The standard InChI is InChI=1S/C15H31NOS/c1-3-11-16-14-9-6-4-5-7-10-15(14)18-13-8-12-17-2/h14-16H,3-13H2,1-2H3. The lowest BCUT2D eigenvalue weighted by atomic mass is 9.96. The third-order valence-electron chi connectivity index (χ3n) is 3.68. The third-order valence-corrected chi connectivity index (χ3v) is 5.20. The molecule has 1 N–H and O–H groups in total. The zero-order chi connectivity index (χ0) is 13.1. The maximum Gasteiger partial charge on any atom is 0.0470 e. The maximum absolute atomic E-state index is 5.14. The molecule has 1 aliphatic carbocycles. The van der Waals surface area contributed by atoms with Crippen LogP contribution in [0.3, 0.4) is 0 Å². The molecule has 0 heterocycles. The molecule has 108 valence electrons. The monoisotopic (exact) mass is 273 g/mol. The molecule has 0 saturated heterocycles. The van der Waals surface area contributed by atoms with Crippen molar-refractivity contribution >= 4 is 11.8 Å². The summed E-state index contributed by atoms with van der Waals surface area (Å²) in [4.78, 5) is 0. The van der Waals surface area contributed by atoms with Crippen LogP contribution in [0.2, 0.25) is 0 Å². The smallest absolute Gasteiger partial charge is 0.0470 e. The number of rotatable bonds is 8. The van der Waals surface area contributed by atoms with E-state index in [4.69, 9.17) is 4.74 Å². The maximum atomic E-state index is 5.14. The van der Waals surface area contributed by atoms with Gasteiger partial charge in [0.15, 0.2) is 0 Å². The van der Waals surface area contributed by atoms with Gasteiger partial charge in [0.2, 0.25) is 0 Å². The lowest BCUT2D eigenvalue weighted by Gasteiger charge is -2.30. The minimum absolute atomic E-state index is 0.748. The quantitative estimate of drug-likeness (QED) is 0.679. The molecule has 1 aliphatic rings. The molecule has 2 atom stereocenters. The minimum Gasteiger partial charge on any atom is -0.385 e. The summed E-state index contributed by atoms with van der Waals surface area (Å²) in [5, 5.41) is 4.61. The molecule has 0 radical (unpaired) electrons. The van der Waals surface area contributed by atoms with Crippen LogP contribution in [0.5, 0.6) is 0 Å². The van der Waals surface area contributed by atoms with Crippen LogP contribution < -0.4 is 5.32 Å². The Morgan fingerprint density at radius 1 is 1.17 bits per heavy atom. The SMILES string of the molecule is CCCNC1CCCCCCC1SCCCOC. The normalized spacial score (nSPS) is 25.7. The molecule has 0 aromatic heterocycles. The molecular formula is C15H31NOS. The molecule has 2 nitrogen and oxygen atoms in total. The molecule has 3 heteroatoms. The van der Waals surface area contributed by atoms with E-state index >= 15 is 0 Å². The molecule has 0 bridgehead atoms. The van der Waals surface area contributed by atoms with Crippen LogP contribution in [0.25, 0.3) is 0 Å². The van der Waals surface area contributed by atoms with Crippen LogP contribution in [0.15, 0.2) is 0 Å². The van der Waals surface area contributed by atoms with Gasteiger partial charge in [0.05, 0.1) is 0 Å². The molecule has 0 aromatic rings. The molecule has 2 unspecified atom stereocenters. The van der Waals surface area contributed by atoms with Crippen molar-refractivity contribution in [1.29, 1.82) is 0 Å². The van der Waals surface area contributed by atoms with Crippen LogP contribution in [0.1, 0.15) is 58.3 Å². The number of hydrogen-bond acceptors (Lipinski definition) is 3. The molecule has 1 rings (SSSR count). The molecule has 0 aliphatic heterocycles. The van der Waals surface area contributed by atoms with Crippen molar-refractivity contribution in [3.8, 4) is 0 Å². The molecule has 1 fully saturated rings. The highest BCUT2D eigenvalue weighted by atomic mass is 32.2. The van der Waals surface area contributed by atoms with Crippen molar-refractivity contribution in [1.82, 2.24) is 5.32 Å². The van der Waals surface area contributed by atoms with Crippen LogP contribution in [0.4, 0.5) is 0 Å². The molecule has 18 heavy (non-hydrogen) atoms. The second kappa shape index (κ2) is 11.1. The van der Waals surface area contributed by atoms with Crippen molar-refractivity contribution in [2.24, 2.45) is 0 Å². The van der Waals surface area contributed by atoms with Gasteiger partial charge in [-0.15, -0.1) is 0 Å². The van der Waals surface area contributed by atoms with E-state index in [0.717, 1.165) is 17.9 Å². The fourth-order valence-corrected chi connectivity index (χ4v) is 4.04. The summed E-state index contributed by atoms with van der Waals surface area (Å²) in [6, 6.07) is 0.748. The molecule has 0 amide bonds. The first-order valence-electron chi connectivity index (χ1n) is 7.72. The second-order valence-electron chi connectivity index (χ2n) is 5.31. The van der Waals surface area contributed by atoms with E-state index in [0.29, 0.717) is 0 Å². The van der Waals surface area contributed by atoms with Gasteiger partial charge in [-0.25, -0.2) is 0 Å². The molecule has 0 aromatic carbocycles. The zero-order valence-electron chi connectivity index (χ0n) is 12.2. The average Bonchev–Trinajstić information content (AvgIpc) is 2.36. The van der Waals surface area contributed by atoms with Crippen LogP contribution >= 0.6 is 11.8 Å². The largest absolute Gasteiger partial charge is 0.385 e. The summed E-state index contributed by atoms with van der Waals surface area (Å²) in [6.45, 7) is 4.35. The second-order valence-corrected chi connectivity index (χ2v) is 6.65. The number of thioether (sulfide) groups is 1. The first-order chi connectivity index (χ1) is 8.88. The van der Waals surface area contributed by atoms with Crippen molar-refractivity contribution in [3.05, 3.63) is 0 Å². The van der Waals surface area contributed by atoms with E-state index in [1.54, 1.807) is 7.11 Å². The fourth-order valence-electron chi connectivity index (χ4n) is 2.65. The van der Waals surface area contributed by atoms with Gasteiger partial charge in [0.1, 0.15) is 0 Å². The molecule has 0 spiro atoms. The summed E-state index contributed by atoms with van der Waals surface area (Å²) in [7, 11) is 1.80. The third kappa shape index (κ3) is 7.01. The Balaban J connectivity index is 2.33. The van der Waals surface area contributed by atoms with Gasteiger partial charge in [-0.2, -0.15) is 11.8 Å². The van der Waals surface area contributed by atoms with E-state index in [1.165, 1.54) is 63.7 Å². The summed E-state index contributed by atoms with van der Waals surface area (Å²) in [5.41, 5.74) is 0. The zero-order valence-corrected chi connectivity index (χ0v) is 13.1. The number of nitrogens with one attached hydrogen (secondary N) is 1. The van der Waals surface area contributed by atoms with E-state index in [9.17, 15) is 0 Å². The van der Waals surface area contributed by atoms with Crippen molar-refractivity contribution in [2.45, 2.75) is 69.6 Å². The fraction of sp³-hybridized carbons (Fsp3) is 1.00. The predicted molar refractivity (Wildman–Crippen MR) is 82.5 cm³/mol. The Bertz CT molecular complexity index is 187. The van der Waals surface area contributed by atoms with Gasteiger partial charge in [-0.1, -0.05) is 32.6 Å². The average molecular weight is 273 g/mol. The van der Waals surface area contributed by atoms with Gasteiger partial charge in [0, 0.05) is 25.0 Å². The van der Waals surface area contributed by atoms with Crippen molar-refractivity contribution in [2.75, 3.05) is 26.0 Å². The molecule has 1 saturated carbocycles. The Kier molecular flexibility index (Phi) is 10.1. The predicted octanol–water partition coefficient (Wildman–Crippen LogP) is 3.85. The first-order valence-corrected chi connectivity index (χ1v) is 8.77. The van der Waals surface area contributed by atoms with Gasteiger partial charge in [-0.05, 0) is 38.0 Å². The van der Waals surface area contributed by atoms with Crippen LogP contribution in [0, 0.1) is 0 Å². The lowest BCUT2D eigenvalue weighted by molar-refractivity contribution is 0.200. The van der Waals surface area contributed by atoms with Crippen LogP contribution in [-0.2, 0) is 4.74 Å². The van der Waals surface area contributed by atoms with Crippen molar-refractivity contribution in [3.63, 3.8) is 0 Å². The highest BCUT2D eigenvalue weighted by Gasteiger charge is 2.22. The summed E-state index contributed by atoms with van der Waals surface area (Å²) < 4.78 is 5.14. The summed E-state index contributed by atoms with van der Waals surface area (Å²) in [5.74, 6) is 1.25. The summed E-state index contributed by atoms with van der Waals surface area (Å²) in [6.07, 6.45) is 10.9. The Morgan fingerprint density at radius 3 is 2.67 bits per heavy atom. The van der Waals surface area contributed by atoms with Gasteiger partial charge >= 0.3 is 0 Å². The molecular weight excluding hydrogens is 242 g/mol. The Labute approximate surface area is 118 Å². The topological polar surface area (TPSA) is 21.3 Å². The number of ether oxygens (including phenoxy) is 1. The van der Waals surface area contributed by atoms with Crippen LogP contribution in [-0.4, -0.2) is 37.3 Å². The van der Waals surface area contributed by atoms with E-state index in [1.807, 2.05) is 0 Å². The summed E-state index contributed by atoms with van der Waals surface area (Å²) >= 11 is 2.18. The highest BCUT2D eigenvalue weighted by Crippen LogP contribution is 2.27. The number of methoxy groups -OCH3 is 1. The van der Waals surface area contributed by atoms with Gasteiger partial charge in [-0.3, -0.25) is 0 Å². The van der Waals surface area contributed by atoms with E-state index < -0.39 is 0 Å². The van der Waals surface area contributed by atoms with E-state index in [2.05, 4.69) is 24.0 Å². The minimum atomic E-state index is 0.748. The van der Waals surface area contributed by atoms with E-state index in [-0.39, 0.29) is 0 Å². The highest BCUT2D eigenvalue weighted by molar-refractivity contribution is 7.99. The number of hydrogen-bond donors (Lipinski definition) is 1. The van der Waals surface area contributed by atoms with Crippen molar-refractivity contribution < 1.29 is 4.74 Å². The lowest BCUT2D eigenvalue weighted by Crippen LogP contribution is -2.39. The Morgan fingerprint density at radius 2 is 1.94 bits per heavy atom. The van der Waals surface area contributed by atoms with Gasteiger partial charge in [0.25, 0.3) is 0 Å². The Hall–Kier alpha value is 0.270.